The molecule has 1 heterocycles. The van der Waals surface area contributed by atoms with E-state index < -0.39 is 0 Å². The van der Waals surface area contributed by atoms with Crippen LogP contribution >= 0.6 is 0 Å². The number of morpholine rings is 1. The van der Waals surface area contributed by atoms with Crippen molar-refractivity contribution < 1.29 is 9.84 Å². The van der Waals surface area contributed by atoms with Crippen LogP contribution in [0.25, 0.3) is 0 Å². The quantitative estimate of drug-likeness (QED) is 0.888. The molecule has 104 valence electrons. The predicted octanol–water partition coefficient (Wildman–Crippen LogP) is 2.64. The van der Waals surface area contributed by atoms with Crippen molar-refractivity contribution in [3.63, 3.8) is 0 Å². The minimum Gasteiger partial charge on any atom is -0.392 e. The second kappa shape index (κ2) is 5.51. The third-order valence-corrected chi connectivity index (χ3v) is 4.49. The van der Waals surface area contributed by atoms with Crippen molar-refractivity contribution in [1.29, 1.82) is 0 Å². The van der Waals surface area contributed by atoms with Gasteiger partial charge in [-0.1, -0.05) is 25.0 Å². The summed E-state index contributed by atoms with van der Waals surface area (Å²) >= 11 is 0. The van der Waals surface area contributed by atoms with Gasteiger partial charge in [-0.2, -0.15) is 0 Å². The van der Waals surface area contributed by atoms with E-state index in [1.807, 2.05) is 6.07 Å². The molecular formula is C16H23NO2. The number of aliphatic hydroxyl groups excluding tert-OH is 1. The molecule has 0 amide bonds. The summed E-state index contributed by atoms with van der Waals surface area (Å²) in [6.07, 6.45) is 5.48. The summed E-state index contributed by atoms with van der Waals surface area (Å²) in [7, 11) is 0. The molecule has 2 atom stereocenters. The number of aryl methyl sites for hydroxylation is 1. The molecule has 3 nitrogen and oxygen atoms in total. The van der Waals surface area contributed by atoms with Crippen molar-refractivity contribution in [2.75, 3.05) is 18.1 Å². The van der Waals surface area contributed by atoms with Gasteiger partial charge in [-0.15, -0.1) is 0 Å². The summed E-state index contributed by atoms with van der Waals surface area (Å²) in [4.78, 5) is 2.53. The van der Waals surface area contributed by atoms with E-state index in [-0.39, 0.29) is 6.61 Å². The number of aliphatic hydroxyl groups is 1. The highest BCUT2D eigenvalue weighted by molar-refractivity contribution is 5.55. The number of hydrogen-bond acceptors (Lipinski definition) is 3. The molecule has 19 heavy (non-hydrogen) atoms. The lowest BCUT2D eigenvalue weighted by atomic mass is 9.89. The van der Waals surface area contributed by atoms with Gasteiger partial charge in [0.2, 0.25) is 0 Å². The Hall–Kier alpha value is -1.06. The van der Waals surface area contributed by atoms with E-state index in [2.05, 4.69) is 24.0 Å². The second-order valence-electron chi connectivity index (χ2n) is 5.73. The molecule has 0 bridgehead atoms. The van der Waals surface area contributed by atoms with Crippen LogP contribution < -0.4 is 4.90 Å². The van der Waals surface area contributed by atoms with E-state index in [4.69, 9.17) is 4.74 Å². The van der Waals surface area contributed by atoms with Gasteiger partial charge in [0.15, 0.2) is 0 Å². The Morgan fingerprint density at radius 2 is 2.16 bits per heavy atom. The Kier molecular flexibility index (Phi) is 3.76. The minimum atomic E-state index is 0.121. The van der Waals surface area contributed by atoms with Crippen molar-refractivity contribution in [3.8, 4) is 0 Å². The van der Waals surface area contributed by atoms with E-state index >= 15 is 0 Å². The number of ether oxygens (including phenoxy) is 1. The normalized spacial score (nSPS) is 27.2. The number of nitrogens with zero attached hydrogens (tertiary/aromatic N) is 1. The fourth-order valence-corrected chi connectivity index (χ4v) is 3.53. The fraction of sp³-hybridized carbons (Fsp3) is 0.625. The summed E-state index contributed by atoms with van der Waals surface area (Å²) in [6.45, 7) is 4.08. The molecule has 0 aromatic heterocycles. The molecule has 3 rings (SSSR count). The number of benzene rings is 1. The molecule has 2 fully saturated rings. The monoisotopic (exact) mass is 261 g/mol. The molecule has 1 aromatic rings. The smallest absolute Gasteiger partial charge is 0.0779 e. The standard InChI is InChI=1S/C16H23NO2/c1-12-10-13(11-18)6-7-14(12)17-8-9-19-16-5-3-2-4-15(16)17/h6-7,10,15-16,18H,2-5,8-9,11H2,1H3. The van der Waals surface area contributed by atoms with E-state index in [1.54, 1.807) is 0 Å². The number of anilines is 1. The van der Waals surface area contributed by atoms with Gasteiger partial charge < -0.3 is 14.7 Å². The highest BCUT2D eigenvalue weighted by Gasteiger charge is 2.34. The average molecular weight is 261 g/mol. The highest BCUT2D eigenvalue weighted by Crippen LogP contribution is 2.33. The molecule has 0 spiro atoms. The molecule has 2 aliphatic rings. The first-order valence-corrected chi connectivity index (χ1v) is 7.38. The third kappa shape index (κ3) is 2.49. The van der Waals surface area contributed by atoms with Gasteiger partial charge in [0, 0.05) is 12.2 Å². The SMILES string of the molecule is Cc1cc(CO)ccc1N1CCOC2CCCCC21. The molecule has 1 saturated heterocycles. The number of rotatable bonds is 2. The minimum absolute atomic E-state index is 0.121. The zero-order valence-electron chi connectivity index (χ0n) is 11.6. The van der Waals surface area contributed by atoms with Gasteiger partial charge in [-0.3, -0.25) is 0 Å². The van der Waals surface area contributed by atoms with Crippen molar-refractivity contribution in [2.24, 2.45) is 0 Å². The Balaban J connectivity index is 1.87. The Morgan fingerprint density at radius 3 is 2.95 bits per heavy atom. The molecule has 3 heteroatoms. The van der Waals surface area contributed by atoms with Crippen molar-refractivity contribution in [2.45, 2.75) is 51.4 Å². The van der Waals surface area contributed by atoms with Crippen molar-refractivity contribution in [3.05, 3.63) is 29.3 Å². The zero-order chi connectivity index (χ0) is 13.2. The predicted molar refractivity (Wildman–Crippen MR) is 76.4 cm³/mol. The van der Waals surface area contributed by atoms with Crippen LogP contribution in [0.5, 0.6) is 0 Å². The molecule has 1 N–H and O–H groups in total. The number of hydrogen-bond donors (Lipinski definition) is 1. The Labute approximate surface area is 115 Å². The first kappa shape index (κ1) is 12.9. The molecule has 1 saturated carbocycles. The van der Waals surface area contributed by atoms with Crippen LogP contribution in [0.15, 0.2) is 18.2 Å². The van der Waals surface area contributed by atoms with E-state index in [0.29, 0.717) is 12.1 Å². The summed E-state index contributed by atoms with van der Waals surface area (Å²) < 4.78 is 5.94. The van der Waals surface area contributed by atoms with Crippen molar-refractivity contribution in [1.82, 2.24) is 0 Å². The lowest BCUT2D eigenvalue weighted by molar-refractivity contribution is -0.00871. The van der Waals surface area contributed by atoms with E-state index in [9.17, 15) is 5.11 Å². The van der Waals surface area contributed by atoms with Crippen LogP contribution in [0.3, 0.4) is 0 Å². The van der Waals surface area contributed by atoms with Gasteiger partial charge >= 0.3 is 0 Å². The lowest BCUT2D eigenvalue weighted by Crippen LogP contribution is -2.53. The second-order valence-corrected chi connectivity index (χ2v) is 5.73. The van der Waals surface area contributed by atoms with Gasteiger partial charge in [-0.25, -0.2) is 0 Å². The highest BCUT2D eigenvalue weighted by atomic mass is 16.5. The maximum atomic E-state index is 9.22. The third-order valence-electron chi connectivity index (χ3n) is 4.49. The van der Waals surface area contributed by atoms with Gasteiger partial charge in [0.05, 0.1) is 25.4 Å². The largest absolute Gasteiger partial charge is 0.392 e. The first-order chi connectivity index (χ1) is 9.29. The molecule has 1 aliphatic heterocycles. The molecule has 1 aromatic carbocycles. The Bertz CT molecular complexity index is 444. The van der Waals surface area contributed by atoms with Crippen LogP contribution in [0.4, 0.5) is 5.69 Å². The van der Waals surface area contributed by atoms with E-state index in [1.165, 1.54) is 36.9 Å². The molecule has 0 radical (unpaired) electrons. The van der Waals surface area contributed by atoms with Crippen LogP contribution in [-0.2, 0) is 11.3 Å². The van der Waals surface area contributed by atoms with Crippen LogP contribution in [0, 0.1) is 6.92 Å². The van der Waals surface area contributed by atoms with Gasteiger partial charge in [0.1, 0.15) is 0 Å². The maximum Gasteiger partial charge on any atom is 0.0779 e. The average Bonchev–Trinajstić information content (AvgIpc) is 2.46. The molecule has 1 aliphatic carbocycles. The van der Waals surface area contributed by atoms with Crippen LogP contribution in [0.2, 0.25) is 0 Å². The summed E-state index contributed by atoms with van der Waals surface area (Å²) in [6, 6.07) is 6.84. The van der Waals surface area contributed by atoms with Crippen molar-refractivity contribution >= 4 is 5.69 Å². The Morgan fingerprint density at radius 1 is 1.32 bits per heavy atom. The van der Waals surface area contributed by atoms with Gasteiger partial charge in [-0.05, 0) is 37.0 Å². The molecular weight excluding hydrogens is 238 g/mol. The van der Waals surface area contributed by atoms with E-state index in [0.717, 1.165) is 18.7 Å². The zero-order valence-corrected chi connectivity index (χ0v) is 11.6. The van der Waals surface area contributed by atoms with Crippen LogP contribution in [0.1, 0.15) is 36.8 Å². The first-order valence-electron chi connectivity index (χ1n) is 7.38. The topological polar surface area (TPSA) is 32.7 Å². The summed E-state index contributed by atoms with van der Waals surface area (Å²) in [5, 5.41) is 9.22. The van der Waals surface area contributed by atoms with Crippen LogP contribution in [-0.4, -0.2) is 30.4 Å². The molecule has 2 unspecified atom stereocenters. The van der Waals surface area contributed by atoms with Gasteiger partial charge in [0.25, 0.3) is 0 Å². The summed E-state index contributed by atoms with van der Waals surface area (Å²) in [5.74, 6) is 0. The summed E-state index contributed by atoms with van der Waals surface area (Å²) in [5.41, 5.74) is 3.57. The number of fused-ring (bicyclic) bond motifs is 1. The fourth-order valence-electron chi connectivity index (χ4n) is 3.53. The maximum absolute atomic E-state index is 9.22. The lowest BCUT2D eigenvalue weighted by Gasteiger charge is -2.45.